The van der Waals surface area contributed by atoms with Gasteiger partial charge in [0.1, 0.15) is 6.61 Å². The number of hydrogen-bond acceptors (Lipinski definition) is 3. The van der Waals surface area contributed by atoms with Gasteiger partial charge in [-0.1, -0.05) is 0 Å². The van der Waals surface area contributed by atoms with Crippen LogP contribution in [0, 0.1) is 6.07 Å². The summed E-state index contributed by atoms with van der Waals surface area (Å²) < 4.78 is 10.6. The number of benzene rings is 1. The molecule has 1 unspecified atom stereocenters. The summed E-state index contributed by atoms with van der Waals surface area (Å²) in [5, 5.41) is 0. The van der Waals surface area contributed by atoms with Gasteiger partial charge in [-0.3, -0.25) is 0 Å². The molecule has 0 saturated heterocycles. The summed E-state index contributed by atoms with van der Waals surface area (Å²) >= 11 is 4.12. The first-order chi connectivity index (χ1) is 5.36. The van der Waals surface area contributed by atoms with Gasteiger partial charge in [-0.05, 0) is 0 Å². The predicted molar refractivity (Wildman–Crippen MR) is 44.2 cm³/mol. The second-order valence-corrected chi connectivity index (χ2v) is 2.82. The first-order valence-electron chi connectivity index (χ1n) is 3.34. The van der Waals surface area contributed by atoms with Gasteiger partial charge in [0.2, 0.25) is 0 Å². The van der Waals surface area contributed by atoms with E-state index in [-0.39, 0.29) is 25.9 Å². The second kappa shape index (κ2) is 4.18. The molecule has 1 aliphatic heterocycles. The topological polar surface area (TPSA) is 18.5 Å². The Morgan fingerprint density at radius 1 is 1.58 bits per heavy atom. The van der Waals surface area contributed by atoms with Crippen LogP contribution in [0.4, 0.5) is 0 Å². The SMILES string of the molecule is SC1COc2[c-]cccc2O1.[Re]. The molecule has 1 aromatic carbocycles. The summed E-state index contributed by atoms with van der Waals surface area (Å²) in [5.74, 6) is 1.40. The number of rotatable bonds is 0. The fourth-order valence-corrected chi connectivity index (χ4v) is 1.14. The second-order valence-electron chi connectivity index (χ2n) is 2.25. The monoisotopic (exact) mass is 354 g/mol. The van der Waals surface area contributed by atoms with Gasteiger partial charge in [0, 0.05) is 31.9 Å². The molecule has 0 saturated carbocycles. The van der Waals surface area contributed by atoms with E-state index in [1.807, 2.05) is 12.1 Å². The van der Waals surface area contributed by atoms with E-state index in [1.54, 1.807) is 6.07 Å². The van der Waals surface area contributed by atoms with Crippen molar-refractivity contribution in [3.05, 3.63) is 24.3 Å². The minimum Gasteiger partial charge on any atom is -0.532 e. The van der Waals surface area contributed by atoms with Gasteiger partial charge >= 0.3 is 0 Å². The molecule has 0 bridgehead atoms. The van der Waals surface area contributed by atoms with Gasteiger partial charge in [-0.2, -0.15) is 12.1 Å². The third-order valence-corrected chi connectivity index (χ3v) is 1.67. The van der Waals surface area contributed by atoms with E-state index in [2.05, 4.69) is 18.7 Å². The van der Waals surface area contributed by atoms with Crippen LogP contribution in [0.15, 0.2) is 18.2 Å². The smallest absolute Gasteiger partial charge is 0.160 e. The number of ether oxygens (including phenoxy) is 2. The van der Waals surface area contributed by atoms with Crippen LogP contribution in [-0.4, -0.2) is 12.0 Å². The zero-order chi connectivity index (χ0) is 7.68. The predicted octanol–water partition coefficient (Wildman–Crippen LogP) is 1.51. The van der Waals surface area contributed by atoms with Crippen LogP contribution < -0.4 is 9.47 Å². The van der Waals surface area contributed by atoms with E-state index >= 15 is 0 Å². The summed E-state index contributed by atoms with van der Waals surface area (Å²) in [4.78, 5) is 0. The van der Waals surface area contributed by atoms with Gasteiger partial charge in [-0.15, -0.1) is 24.8 Å². The summed E-state index contributed by atoms with van der Waals surface area (Å²) in [6.07, 6.45) is 0. The molecular weight excluding hydrogens is 346 g/mol. The maximum absolute atomic E-state index is 5.34. The van der Waals surface area contributed by atoms with Crippen molar-refractivity contribution in [2.45, 2.75) is 5.44 Å². The van der Waals surface area contributed by atoms with E-state index in [9.17, 15) is 0 Å². The fraction of sp³-hybridized carbons (Fsp3) is 0.250. The van der Waals surface area contributed by atoms with Crippen LogP contribution in [0.2, 0.25) is 0 Å². The molecule has 0 amide bonds. The zero-order valence-corrected chi connectivity index (χ0v) is 9.77. The van der Waals surface area contributed by atoms with Crippen molar-refractivity contribution in [3.63, 3.8) is 0 Å². The molecule has 0 spiro atoms. The van der Waals surface area contributed by atoms with Gasteiger partial charge in [0.25, 0.3) is 0 Å². The van der Waals surface area contributed by atoms with Crippen molar-refractivity contribution in [2.75, 3.05) is 6.61 Å². The molecule has 0 aliphatic carbocycles. The van der Waals surface area contributed by atoms with Crippen molar-refractivity contribution in [2.24, 2.45) is 0 Å². The first kappa shape index (κ1) is 9.92. The maximum atomic E-state index is 5.34. The van der Waals surface area contributed by atoms with Crippen LogP contribution in [-0.2, 0) is 20.4 Å². The van der Waals surface area contributed by atoms with Crippen LogP contribution in [0.5, 0.6) is 11.5 Å². The Kier molecular flexibility index (Phi) is 3.45. The quantitative estimate of drug-likeness (QED) is 0.563. The molecule has 0 N–H and O–H groups in total. The Morgan fingerprint density at radius 3 is 3.25 bits per heavy atom. The van der Waals surface area contributed by atoms with Gasteiger partial charge < -0.3 is 9.47 Å². The summed E-state index contributed by atoms with van der Waals surface area (Å²) in [6, 6.07) is 8.42. The summed E-state index contributed by atoms with van der Waals surface area (Å²) in [5.41, 5.74) is -0.154. The normalized spacial score (nSPS) is 19.6. The molecule has 65 valence electrons. The zero-order valence-electron chi connectivity index (χ0n) is 6.16. The molecule has 1 radical (unpaired) electrons. The molecule has 4 heteroatoms. The van der Waals surface area contributed by atoms with Gasteiger partial charge in [-0.25, -0.2) is 0 Å². The minimum atomic E-state index is -0.154. The standard InChI is InChI=1S/C8H7O2S.Re/c11-8-5-9-6-3-1-2-4-7(6)10-8;/h1-2,4,8,11H,5H2;/q-1;. The van der Waals surface area contributed by atoms with E-state index in [0.717, 1.165) is 5.75 Å². The molecule has 1 aliphatic rings. The van der Waals surface area contributed by atoms with Crippen LogP contribution in [0.25, 0.3) is 0 Å². The maximum Gasteiger partial charge on any atom is 0.160 e. The summed E-state index contributed by atoms with van der Waals surface area (Å²) in [7, 11) is 0. The molecule has 12 heavy (non-hydrogen) atoms. The third kappa shape index (κ3) is 1.95. The average Bonchev–Trinajstić information content (AvgIpc) is 2.04. The Balaban J connectivity index is 0.000000720. The third-order valence-electron chi connectivity index (χ3n) is 1.42. The average molecular weight is 353 g/mol. The van der Waals surface area contributed by atoms with Crippen LogP contribution in [0.1, 0.15) is 0 Å². The fourth-order valence-electron chi connectivity index (χ4n) is 0.947. The van der Waals surface area contributed by atoms with Crippen molar-refractivity contribution in [3.8, 4) is 11.5 Å². The van der Waals surface area contributed by atoms with Crippen molar-refractivity contribution in [1.29, 1.82) is 0 Å². The van der Waals surface area contributed by atoms with Crippen molar-refractivity contribution >= 4 is 12.6 Å². The van der Waals surface area contributed by atoms with Gasteiger partial charge in [0.05, 0.1) is 0 Å². The first-order valence-corrected chi connectivity index (χ1v) is 3.86. The Morgan fingerprint density at radius 2 is 2.42 bits per heavy atom. The van der Waals surface area contributed by atoms with E-state index < -0.39 is 0 Å². The van der Waals surface area contributed by atoms with Crippen molar-refractivity contribution < 1.29 is 29.9 Å². The number of para-hydroxylation sites is 1. The Bertz CT molecular complexity index is 267. The molecule has 1 heterocycles. The molecule has 0 aromatic heterocycles. The van der Waals surface area contributed by atoms with E-state index in [0.29, 0.717) is 12.4 Å². The minimum absolute atomic E-state index is 0. The van der Waals surface area contributed by atoms with Crippen molar-refractivity contribution in [1.82, 2.24) is 0 Å². The van der Waals surface area contributed by atoms with Gasteiger partial charge in [0.15, 0.2) is 5.44 Å². The largest absolute Gasteiger partial charge is 0.532 e. The molecule has 1 atom stereocenters. The number of fused-ring (bicyclic) bond motifs is 1. The molecule has 2 rings (SSSR count). The molecular formula is C8H7O2ReS-. The molecule has 0 fully saturated rings. The Hall–Kier alpha value is -0.168. The molecule has 1 aromatic rings. The number of thiol groups is 1. The van der Waals surface area contributed by atoms with E-state index in [4.69, 9.17) is 9.47 Å². The Labute approximate surface area is 90.3 Å². The van der Waals surface area contributed by atoms with Crippen LogP contribution in [0.3, 0.4) is 0 Å². The molecule has 2 nitrogen and oxygen atoms in total. The number of hydrogen-bond donors (Lipinski definition) is 1. The van der Waals surface area contributed by atoms with E-state index in [1.165, 1.54) is 0 Å². The summed E-state index contributed by atoms with van der Waals surface area (Å²) in [6.45, 7) is 0.483. The van der Waals surface area contributed by atoms with Crippen LogP contribution >= 0.6 is 12.6 Å².